The van der Waals surface area contributed by atoms with Crippen LogP contribution in [0.4, 0.5) is 23.7 Å². The van der Waals surface area contributed by atoms with Gasteiger partial charge in [-0.05, 0) is 31.2 Å². The maximum Gasteiger partial charge on any atom is 0.573 e. The predicted molar refractivity (Wildman–Crippen MR) is 63.6 cm³/mol. The first-order valence-electron chi connectivity index (χ1n) is 5.19. The van der Waals surface area contributed by atoms with E-state index in [0.717, 1.165) is 12.1 Å². The van der Waals surface area contributed by atoms with Crippen molar-refractivity contribution in [3.8, 4) is 18.1 Å². The van der Waals surface area contributed by atoms with Gasteiger partial charge in [-0.3, -0.25) is 0 Å². The number of rotatable bonds is 3. The van der Waals surface area contributed by atoms with E-state index < -0.39 is 18.4 Å². The highest BCUT2D eigenvalue weighted by molar-refractivity contribution is 5.89. The standard InChI is InChI=1S/C12H11F3N2O2/c1-3-8(2)16-11(18)17-9-4-6-10(7-5-9)19-12(13,14)15/h1,4-8H,2H3,(H2,16,17,18). The second-order valence-corrected chi connectivity index (χ2v) is 3.56. The monoisotopic (exact) mass is 272 g/mol. The molecule has 0 aliphatic carbocycles. The second-order valence-electron chi connectivity index (χ2n) is 3.56. The van der Waals surface area contributed by atoms with E-state index in [4.69, 9.17) is 6.42 Å². The van der Waals surface area contributed by atoms with Crippen molar-refractivity contribution in [2.45, 2.75) is 19.3 Å². The zero-order chi connectivity index (χ0) is 14.5. The Bertz CT molecular complexity index is 477. The molecule has 0 spiro atoms. The maximum atomic E-state index is 11.9. The van der Waals surface area contributed by atoms with E-state index in [0.29, 0.717) is 5.69 Å². The van der Waals surface area contributed by atoms with Gasteiger partial charge in [0, 0.05) is 5.69 Å². The lowest BCUT2D eigenvalue weighted by Crippen LogP contribution is -2.35. The van der Waals surface area contributed by atoms with Gasteiger partial charge in [0.2, 0.25) is 0 Å². The van der Waals surface area contributed by atoms with Gasteiger partial charge in [-0.25, -0.2) is 4.79 Å². The highest BCUT2D eigenvalue weighted by atomic mass is 19.4. The Hall–Kier alpha value is -2.36. The summed E-state index contributed by atoms with van der Waals surface area (Å²) >= 11 is 0. The molecule has 0 bridgehead atoms. The quantitative estimate of drug-likeness (QED) is 0.831. The molecule has 2 N–H and O–H groups in total. The second kappa shape index (κ2) is 6.00. The zero-order valence-corrected chi connectivity index (χ0v) is 9.91. The number of nitrogens with one attached hydrogen (secondary N) is 2. The highest BCUT2D eigenvalue weighted by Gasteiger charge is 2.30. The molecule has 7 heteroatoms. The number of benzene rings is 1. The van der Waals surface area contributed by atoms with Crippen LogP contribution in [0.5, 0.6) is 5.75 Å². The lowest BCUT2D eigenvalue weighted by Gasteiger charge is -2.11. The molecular formula is C12H11F3N2O2. The molecule has 0 fully saturated rings. The average Bonchev–Trinajstić information content (AvgIpc) is 2.29. The van der Waals surface area contributed by atoms with E-state index >= 15 is 0 Å². The highest BCUT2D eigenvalue weighted by Crippen LogP contribution is 2.23. The lowest BCUT2D eigenvalue weighted by molar-refractivity contribution is -0.274. The summed E-state index contributed by atoms with van der Waals surface area (Å²) in [6.45, 7) is 1.61. The Balaban J connectivity index is 2.58. The molecule has 0 radical (unpaired) electrons. The van der Waals surface area contributed by atoms with Crippen LogP contribution in [0.25, 0.3) is 0 Å². The van der Waals surface area contributed by atoms with E-state index in [1.54, 1.807) is 6.92 Å². The molecule has 2 amide bonds. The summed E-state index contributed by atoms with van der Waals surface area (Å²) in [4.78, 5) is 11.4. The third kappa shape index (κ3) is 5.68. The van der Waals surface area contributed by atoms with Crippen LogP contribution >= 0.6 is 0 Å². The minimum atomic E-state index is -4.74. The third-order valence-corrected chi connectivity index (χ3v) is 1.94. The molecule has 19 heavy (non-hydrogen) atoms. The Kier molecular flexibility index (Phi) is 4.64. The number of halogens is 3. The van der Waals surface area contributed by atoms with Crippen LogP contribution in [-0.2, 0) is 0 Å². The van der Waals surface area contributed by atoms with E-state index in [9.17, 15) is 18.0 Å². The molecule has 1 aromatic carbocycles. The van der Waals surface area contributed by atoms with Crippen LogP contribution in [0.2, 0.25) is 0 Å². The number of hydrogen-bond donors (Lipinski definition) is 2. The van der Waals surface area contributed by atoms with E-state index in [1.165, 1.54) is 12.1 Å². The summed E-state index contributed by atoms with van der Waals surface area (Å²) in [5.41, 5.74) is 0.316. The summed E-state index contributed by atoms with van der Waals surface area (Å²) in [5.74, 6) is 1.93. The van der Waals surface area contributed by atoms with Crippen LogP contribution in [0.3, 0.4) is 0 Å². The number of carbonyl (C=O) groups excluding carboxylic acids is 1. The number of carbonyl (C=O) groups is 1. The molecule has 1 unspecified atom stereocenters. The normalized spacial score (nSPS) is 12.2. The van der Waals surface area contributed by atoms with Crippen LogP contribution in [0.1, 0.15) is 6.92 Å². The molecule has 0 heterocycles. The van der Waals surface area contributed by atoms with Crippen molar-refractivity contribution in [3.63, 3.8) is 0 Å². The van der Waals surface area contributed by atoms with Gasteiger partial charge in [0.15, 0.2) is 0 Å². The molecule has 1 atom stereocenters. The van der Waals surface area contributed by atoms with Gasteiger partial charge >= 0.3 is 12.4 Å². The fourth-order valence-corrected chi connectivity index (χ4v) is 1.15. The minimum absolute atomic E-state index is 0.316. The number of hydrogen-bond acceptors (Lipinski definition) is 2. The Morgan fingerprint density at radius 2 is 1.95 bits per heavy atom. The molecule has 0 saturated carbocycles. The van der Waals surface area contributed by atoms with Crippen molar-refractivity contribution >= 4 is 11.7 Å². The van der Waals surface area contributed by atoms with Crippen LogP contribution in [0, 0.1) is 12.3 Å². The Labute approximate surface area is 107 Å². The summed E-state index contributed by atoms with van der Waals surface area (Å²) in [7, 11) is 0. The Morgan fingerprint density at radius 1 is 1.37 bits per heavy atom. The van der Waals surface area contributed by atoms with Crippen molar-refractivity contribution in [1.29, 1.82) is 0 Å². The first-order valence-corrected chi connectivity index (χ1v) is 5.19. The SMILES string of the molecule is C#CC(C)NC(=O)Nc1ccc(OC(F)(F)F)cc1. The van der Waals surface area contributed by atoms with Crippen LogP contribution in [-0.4, -0.2) is 18.4 Å². The molecule has 0 aliphatic rings. The Morgan fingerprint density at radius 3 is 2.42 bits per heavy atom. The number of terminal acetylenes is 1. The fourth-order valence-electron chi connectivity index (χ4n) is 1.15. The van der Waals surface area contributed by atoms with Crippen molar-refractivity contribution in [2.75, 3.05) is 5.32 Å². The van der Waals surface area contributed by atoms with Crippen LogP contribution < -0.4 is 15.4 Å². The zero-order valence-electron chi connectivity index (χ0n) is 9.91. The lowest BCUT2D eigenvalue weighted by atomic mass is 10.3. The van der Waals surface area contributed by atoms with E-state index in [2.05, 4.69) is 21.3 Å². The number of amides is 2. The van der Waals surface area contributed by atoms with Gasteiger partial charge in [0.1, 0.15) is 5.75 Å². The van der Waals surface area contributed by atoms with Crippen LogP contribution in [0.15, 0.2) is 24.3 Å². The first kappa shape index (κ1) is 14.7. The predicted octanol–water partition coefficient (Wildman–Crippen LogP) is 2.73. The molecule has 0 saturated heterocycles. The van der Waals surface area contributed by atoms with Gasteiger partial charge in [-0.2, -0.15) is 0 Å². The molecule has 1 rings (SSSR count). The molecule has 4 nitrogen and oxygen atoms in total. The topological polar surface area (TPSA) is 50.4 Å². The summed E-state index contributed by atoms with van der Waals surface area (Å²) in [6, 6.07) is 3.74. The number of anilines is 1. The first-order chi connectivity index (χ1) is 8.80. The largest absolute Gasteiger partial charge is 0.573 e. The molecule has 0 aliphatic heterocycles. The van der Waals surface area contributed by atoms with E-state index in [1.807, 2.05) is 0 Å². The van der Waals surface area contributed by atoms with Crippen molar-refractivity contribution in [2.24, 2.45) is 0 Å². The number of alkyl halides is 3. The number of ether oxygens (including phenoxy) is 1. The van der Waals surface area contributed by atoms with Gasteiger partial charge in [0.25, 0.3) is 0 Å². The smallest absolute Gasteiger partial charge is 0.406 e. The molecule has 102 valence electrons. The fraction of sp³-hybridized carbons (Fsp3) is 0.250. The minimum Gasteiger partial charge on any atom is -0.406 e. The third-order valence-electron chi connectivity index (χ3n) is 1.94. The summed E-state index contributed by atoms with van der Waals surface area (Å²) < 4.78 is 39.4. The average molecular weight is 272 g/mol. The maximum absolute atomic E-state index is 11.9. The number of urea groups is 1. The van der Waals surface area contributed by atoms with Crippen molar-refractivity contribution < 1.29 is 22.7 Å². The molecular weight excluding hydrogens is 261 g/mol. The summed E-state index contributed by atoms with van der Waals surface area (Å²) in [5, 5.41) is 4.85. The van der Waals surface area contributed by atoms with Gasteiger partial charge in [0.05, 0.1) is 6.04 Å². The van der Waals surface area contributed by atoms with Crippen molar-refractivity contribution in [1.82, 2.24) is 5.32 Å². The van der Waals surface area contributed by atoms with Gasteiger partial charge in [-0.1, -0.05) is 5.92 Å². The van der Waals surface area contributed by atoms with E-state index in [-0.39, 0.29) is 5.75 Å². The van der Waals surface area contributed by atoms with Crippen molar-refractivity contribution in [3.05, 3.63) is 24.3 Å². The molecule has 1 aromatic rings. The van der Waals surface area contributed by atoms with Gasteiger partial charge in [-0.15, -0.1) is 19.6 Å². The van der Waals surface area contributed by atoms with Gasteiger partial charge < -0.3 is 15.4 Å². The molecule has 0 aromatic heterocycles. The summed E-state index contributed by atoms with van der Waals surface area (Å²) in [6.07, 6.45) is 0.335.